The lowest BCUT2D eigenvalue weighted by Gasteiger charge is -2.15. The van der Waals surface area contributed by atoms with E-state index in [9.17, 15) is 0 Å². The van der Waals surface area contributed by atoms with E-state index in [1.165, 1.54) is 12.8 Å². The molecule has 1 fully saturated rings. The van der Waals surface area contributed by atoms with Crippen molar-refractivity contribution in [1.82, 2.24) is 9.97 Å². The van der Waals surface area contributed by atoms with Gasteiger partial charge >= 0.3 is 0 Å². The van der Waals surface area contributed by atoms with Crippen LogP contribution >= 0.6 is 0 Å². The van der Waals surface area contributed by atoms with Crippen LogP contribution in [-0.4, -0.2) is 23.1 Å². The van der Waals surface area contributed by atoms with Crippen molar-refractivity contribution < 1.29 is 0 Å². The van der Waals surface area contributed by atoms with Crippen LogP contribution in [0, 0.1) is 0 Å². The number of aromatic nitrogens is 2. The summed E-state index contributed by atoms with van der Waals surface area (Å²) in [6.45, 7) is 0. The molecule has 0 atom stereocenters. The quantitative estimate of drug-likeness (QED) is 0.630. The van der Waals surface area contributed by atoms with Crippen molar-refractivity contribution in [2.45, 2.75) is 18.9 Å². The number of anilines is 1. The van der Waals surface area contributed by atoms with Gasteiger partial charge in [0.15, 0.2) is 0 Å². The van der Waals surface area contributed by atoms with Crippen LogP contribution in [0.25, 0.3) is 0 Å². The highest BCUT2D eigenvalue weighted by Gasteiger charge is 2.26. The summed E-state index contributed by atoms with van der Waals surface area (Å²) in [5.74, 6) is 1.03. The van der Waals surface area contributed by atoms with E-state index >= 15 is 0 Å². The molecular weight excluding hydrogens is 138 g/mol. The molecule has 11 heavy (non-hydrogen) atoms. The van der Waals surface area contributed by atoms with Gasteiger partial charge in [-0.3, -0.25) is 0 Å². The monoisotopic (exact) mass is 149 g/mol. The van der Waals surface area contributed by atoms with E-state index in [0.717, 1.165) is 11.9 Å². The highest BCUT2D eigenvalue weighted by atomic mass is 15.2. The van der Waals surface area contributed by atoms with Gasteiger partial charge in [-0.2, -0.15) is 0 Å². The van der Waals surface area contributed by atoms with E-state index in [2.05, 4.69) is 21.9 Å². The van der Waals surface area contributed by atoms with Gasteiger partial charge in [-0.15, -0.1) is 0 Å². The van der Waals surface area contributed by atoms with Gasteiger partial charge in [-0.25, -0.2) is 9.97 Å². The van der Waals surface area contributed by atoms with Crippen molar-refractivity contribution in [3.63, 3.8) is 0 Å². The van der Waals surface area contributed by atoms with Gasteiger partial charge in [0, 0.05) is 19.3 Å². The smallest absolute Gasteiger partial charge is 0.131 e. The van der Waals surface area contributed by atoms with Crippen molar-refractivity contribution in [3.05, 3.63) is 18.6 Å². The second-order valence-corrected chi connectivity index (χ2v) is 2.91. The lowest BCUT2D eigenvalue weighted by atomic mass is 10.5. The molecule has 3 heteroatoms. The summed E-state index contributed by atoms with van der Waals surface area (Å²) in [5, 5.41) is 0. The first-order valence-electron chi connectivity index (χ1n) is 3.87. The number of hydrogen-bond donors (Lipinski definition) is 0. The zero-order chi connectivity index (χ0) is 7.68. The van der Waals surface area contributed by atoms with Crippen LogP contribution in [0.2, 0.25) is 0 Å². The zero-order valence-corrected chi connectivity index (χ0v) is 6.57. The maximum atomic E-state index is 4.15. The van der Waals surface area contributed by atoms with Crippen molar-refractivity contribution in [1.29, 1.82) is 0 Å². The SMILES string of the molecule is CN(c1ccncn1)C1CC1. The van der Waals surface area contributed by atoms with Gasteiger partial charge in [-0.1, -0.05) is 0 Å². The Hall–Kier alpha value is -1.12. The van der Waals surface area contributed by atoms with Crippen molar-refractivity contribution >= 4 is 5.82 Å². The fourth-order valence-corrected chi connectivity index (χ4v) is 1.14. The molecule has 1 aromatic heterocycles. The Morgan fingerprint density at radius 3 is 2.91 bits per heavy atom. The maximum absolute atomic E-state index is 4.15. The standard InChI is InChI=1S/C8H11N3/c1-11(7-2-3-7)8-4-5-9-6-10-8/h4-7H,2-3H2,1H3. The zero-order valence-electron chi connectivity index (χ0n) is 6.57. The first-order valence-corrected chi connectivity index (χ1v) is 3.87. The van der Waals surface area contributed by atoms with E-state index in [-0.39, 0.29) is 0 Å². The molecule has 1 aliphatic carbocycles. The second-order valence-electron chi connectivity index (χ2n) is 2.91. The number of hydrogen-bond acceptors (Lipinski definition) is 3. The molecule has 2 rings (SSSR count). The van der Waals surface area contributed by atoms with Crippen molar-refractivity contribution in [3.8, 4) is 0 Å². The molecule has 0 aliphatic heterocycles. The second kappa shape index (κ2) is 2.49. The van der Waals surface area contributed by atoms with Crippen LogP contribution in [0.5, 0.6) is 0 Å². The predicted octanol–water partition coefficient (Wildman–Crippen LogP) is 1.08. The first-order chi connectivity index (χ1) is 5.38. The molecule has 0 unspecified atom stereocenters. The Labute approximate surface area is 66.1 Å². The number of rotatable bonds is 2. The van der Waals surface area contributed by atoms with Crippen molar-refractivity contribution in [2.24, 2.45) is 0 Å². The Balaban J connectivity index is 2.15. The van der Waals surface area contributed by atoms with Crippen LogP contribution in [0.1, 0.15) is 12.8 Å². The molecule has 3 nitrogen and oxygen atoms in total. The molecule has 0 amide bonds. The summed E-state index contributed by atoms with van der Waals surface area (Å²) in [4.78, 5) is 10.2. The third kappa shape index (κ3) is 1.31. The van der Waals surface area contributed by atoms with Crippen LogP contribution < -0.4 is 4.90 Å². The van der Waals surface area contributed by atoms with E-state index < -0.39 is 0 Å². The molecule has 0 bridgehead atoms. The highest BCUT2D eigenvalue weighted by Crippen LogP contribution is 2.28. The van der Waals surface area contributed by atoms with Crippen LogP contribution in [0.4, 0.5) is 5.82 Å². The van der Waals surface area contributed by atoms with Gasteiger partial charge in [0.05, 0.1) is 0 Å². The molecule has 1 saturated carbocycles. The summed E-state index contributed by atoms with van der Waals surface area (Å²) in [6.07, 6.45) is 5.98. The van der Waals surface area contributed by atoms with Crippen LogP contribution in [-0.2, 0) is 0 Å². The normalized spacial score (nSPS) is 16.5. The fourth-order valence-electron chi connectivity index (χ4n) is 1.14. The minimum absolute atomic E-state index is 0.727. The lowest BCUT2D eigenvalue weighted by molar-refractivity contribution is 0.885. The van der Waals surface area contributed by atoms with E-state index in [0.29, 0.717) is 0 Å². The summed E-state index contributed by atoms with van der Waals surface area (Å²) in [5.41, 5.74) is 0. The van der Waals surface area contributed by atoms with Crippen LogP contribution in [0.3, 0.4) is 0 Å². The minimum atomic E-state index is 0.727. The van der Waals surface area contributed by atoms with Crippen molar-refractivity contribution in [2.75, 3.05) is 11.9 Å². The topological polar surface area (TPSA) is 29.0 Å². The summed E-state index contributed by atoms with van der Waals surface area (Å²) < 4.78 is 0. The van der Waals surface area contributed by atoms with Gasteiger partial charge in [-0.05, 0) is 18.9 Å². The molecule has 1 aliphatic rings. The Kier molecular flexibility index (Phi) is 1.49. The summed E-state index contributed by atoms with van der Waals surface area (Å²) in [6, 6.07) is 2.67. The van der Waals surface area contributed by atoms with E-state index in [1.54, 1.807) is 12.5 Å². The largest absolute Gasteiger partial charge is 0.357 e. The Morgan fingerprint density at radius 1 is 1.55 bits per heavy atom. The molecule has 0 N–H and O–H groups in total. The van der Waals surface area contributed by atoms with Gasteiger partial charge < -0.3 is 4.90 Å². The third-order valence-electron chi connectivity index (χ3n) is 2.02. The van der Waals surface area contributed by atoms with E-state index in [4.69, 9.17) is 0 Å². The predicted molar refractivity (Wildman–Crippen MR) is 43.5 cm³/mol. The van der Waals surface area contributed by atoms with Crippen LogP contribution in [0.15, 0.2) is 18.6 Å². The molecule has 0 spiro atoms. The fraction of sp³-hybridized carbons (Fsp3) is 0.500. The molecule has 0 saturated heterocycles. The third-order valence-corrected chi connectivity index (χ3v) is 2.02. The highest BCUT2D eigenvalue weighted by molar-refractivity contribution is 5.38. The average Bonchev–Trinajstić information content (AvgIpc) is 2.87. The first kappa shape index (κ1) is 6.58. The lowest BCUT2D eigenvalue weighted by Crippen LogP contribution is -2.20. The summed E-state index contributed by atoms with van der Waals surface area (Å²) >= 11 is 0. The molecular formula is C8H11N3. The molecule has 58 valence electrons. The molecule has 0 aromatic carbocycles. The Bertz CT molecular complexity index is 230. The molecule has 1 aromatic rings. The summed E-state index contributed by atoms with van der Waals surface area (Å²) in [7, 11) is 2.08. The maximum Gasteiger partial charge on any atom is 0.131 e. The van der Waals surface area contributed by atoms with Gasteiger partial charge in [0.2, 0.25) is 0 Å². The Morgan fingerprint density at radius 2 is 2.36 bits per heavy atom. The van der Waals surface area contributed by atoms with Gasteiger partial charge in [0.25, 0.3) is 0 Å². The average molecular weight is 149 g/mol. The number of nitrogens with zero attached hydrogens (tertiary/aromatic N) is 3. The molecule has 0 radical (unpaired) electrons. The van der Waals surface area contributed by atoms with Gasteiger partial charge in [0.1, 0.15) is 12.1 Å². The van der Waals surface area contributed by atoms with E-state index in [1.807, 2.05) is 6.07 Å². The minimum Gasteiger partial charge on any atom is -0.357 e. The molecule has 1 heterocycles.